The Morgan fingerprint density at radius 2 is 1.71 bits per heavy atom. The second-order valence-electron chi connectivity index (χ2n) is 8.43. The Morgan fingerprint density at radius 1 is 0.968 bits per heavy atom. The number of nitrogens with zero attached hydrogens (tertiary/aromatic N) is 2. The van der Waals surface area contributed by atoms with Gasteiger partial charge in [-0.3, -0.25) is 4.79 Å². The third-order valence-electron chi connectivity index (χ3n) is 4.78. The zero-order chi connectivity index (χ0) is 22.6. The molecule has 1 fully saturated rings. The van der Waals surface area contributed by atoms with E-state index in [9.17, 15) is 9.59 Å². The predicted octanol–water partition coefficient (Wildman–Crippen LogP) is 5.69. The van der Waals surface area contributed by atoms with Crippen LogP contribution in [0, 0.1) is 0 Å². The second-order valence-corrected chi connectivity index (χ2v) is 9.31. The molecule has 6 nitrogen and oxygen atoms in total. The van der Waals surface area contributed by atoms with Crippen molar-refractivity contribution in [1.29, 1.82) is 0 Å². The lowest BCUT2D eigenvalue weighted by molar-refractivity contribution is 0.0263. The van der Waals surface area contributed by atoms with Gasteiger partial charge in [0.1, 0.15) is 5.60 Å². The summed E-state index contributed by atoms with van der Waals surface area (Å²) in [5.41, 5.74) is 1.40. The maximum absolute atomic E-state index is 12.8. The van der Waals surface area contributed by atoms with Crippen molar-refractivity contribution in [2.24, 2.45) is 0 Å². The van der Waals surface area contributed by atoms with Crippen LogP contribution in [0.1, 0.15) is 37.6 Å². The Hall–Kier alpha value is -2.44. The van der Waals surface area contributed by atoms with E-state index in [1.165, 1.54) is 0 Å². The zero-order valence-electron chi connectivity index (χ0n) is 18.0. The maximum atomic E-state index is 12.8. The van der Waals surface area contributed by atoms with E-state index in [1.807, 2.05) is 26.8 Å². The molecule has 166 valence electrons. The van der Waals surface area contributed by atoms with Crippen LogP contribution >= 0.6 is 23.2 Å². The summed E-state index contributed by atoms with van der Waals surface area (Å²) >= 11 is 12.2. The van der Waals surface area contributed by atoms with Gasteiger partial charge < -0.3 is 19.9 Å². The molecule has 31 heavy (non-hydrogen) atoms. The van der Waals surface area contributed by atoms with Gasteiger partial charge in [-0.25, -0.2) is 4.79 Å². The van der Waals surface area contributed by atoms with Crippen molar-refractivity contribution in [3.8, 4) is 0 Å². The minimum Gasteiger partial charge on any atom is -0.444 e. The highest BCUT2D eigenvalue weighted by molar-refractivity contribution is 6.31. The first-order chi connectivity index (χ1) is 14.6. The van der Waals surface area contributed by atoms with Gasteiger partial charge in [0.25, 0.3) is 5.91 Å². The first kappa shape index (κ1) is 23.2. The number of amides is 2. The standard InChI is InChI=1S/C23H27Cl2N3O3/c1-23(2,3)31-22(30)28-11-5-10-27(12-13-28)20-9-8-18(25)15-19(20)26-21(29)16-6-4-7-17(24)14-16/h4,6-9,14-15H,5,10-13H2,1-3H3,(H,26,29). The van der Waals surface area contributed by atoms with E-state index >= 15 is 0 Å². The lowest BCUT2D eigenvalue weighted by Gasteiger charge is -2.27. The van der Waals surface area contributed by atoms with Crippen LogP contribution in [-0.4, -0.2) is 48.7 Å². The summed E-state index contributed by atoms with van der Waals surface area (Å²) in [4.78, 5) is 29.1. The Labute approximate surface area is 193 Å². The van der Waals surface area contributed by atoms with Crippen LogP contribution in [-0.2, 0) is 4.74 Å². The molecule has 0 spiro atoms. The summed E-state index contributed by atoms with van der Waals surface area (Å²) in [6.45, 7) is 8.07. The number of anilines is 2. The number of carbonyl (C=O) groups excluding carboxylic acids is 2. The van der Waals surface area contributed by atoms with Crippen LogP contribution in [0.3, 0.4) is 0 Å². The van der Waals surface area contributed by atoms with Crippen LogP contribution in [0.5, 0.6) is 0 Å². The highest BCUT2D eigenvalue weighted by Crippen LogP contribution is 2.31. The smallest absolute Gasteiger partial charge is 0.410 e. The molecule has 0 radical (unpaired) electrons. The molecule has 0 aromatic heterocycles. The van der Waals surface area contributed by atoms with Gasteiger partial charge in [0.05, 0.1) is 11.4 Å². The minimum absolute atomic E-state index is 0.267. The van der Waals surface area contributed by atoms with Crippen molar-refractivity contribution in [3.05, 3.63) is 58.1 Å². The average molecular weight is 464 g/mol. The largest absolute Gasteiger partial charge is 0.444 e. The molecule has 2 aromatic rings. The monoisotopic (exact) mass is 463 g/mol. The van der Waals surface area contributed by atoms with E-state index in [0.29, 0.717) is 40.9 Å². The Morgan fingerprint density at radius 3 is 2.42 bits per heavy atom. The van der Waals surface area contributed by atoms with Crippen molar-refractivity contribution >= 4 is 46.6 Å². The number of halogens is 2. The van der Waals surface area contributed by atoms with Gasteiger partial charge >= 0.3 is 6.09 Å². The number of ether oxygens (including phenoxy) is 1. The molecule has 0 atom stereocenters. The van der Waals surface area contributed by atoms with E-state index in [1.54, 1.807) is 41.3 Å². The maximum Gasteiger partial charge on any atom is 0.410 e. The van der Waals surface area contributed by atoms with Gasteiger partial charge in [-0.2, -0.15) is 0 Å². The fraction of sp³-hybridized carbons (Fsp3) is 0.391. The van der Waals surface area contributed by atoms with Crippen LogP contribution in [0.2, 0.25) is 10.0 Å². The van der Waals surface area contributed by atoms with Gasteiger partial charge in [-0.15, -0.1) is 0 Å². The normalized spacial score (nSPS) is 14.7. The van der Waals surface area contributed by atoms with E-state index < -0.39 is 5.60 Å². The number of carbonyl (C=O) groups is 2. The van der Waals surface area contributed by atoms with Crippen molar-refractivity contribution in [1.82, 2.24) is 4.90 Å². The summed E-state index contributed by atoms with van der Waals surface area (Å²) < 4.78 is 5.51. The van der Waals surface area contributed by atoms with Gasteiger partial charge in [0.15, 0.2) is 0 Å². The molecular weight excluding hydrogens is 437 g/mol. The van der Waals surface area contributed by atoms with E-state index in [2.05, 4.69) is 10.2 Å². The summed E-state index contributed by atoms with van der Waals surface area (Å²) in [5, 5.41) is 3.97. The molecule has 1 N–H and O–H groups in total. The van der Waals surface area contributed by atoms with Crippen LogP contribution < -0.4 is 10.2 Å². The number of hydrogen-bond donors (Lipinski definition) is 1. The molecular formula is C23H27Cl2N3O3. The lowest BCUT2D eigenvalue weighted by Crippen LogP contribution is -2.39. The number of hydrogen-bond acceptors (Lipinski definition) is 4. The molecule has 8 heteroatoms. The molecule has 1 saturated heterocycles. The summed E-state index contributed by atoms with van der Waals surface area (Å²) in [7, 11) is 0. The molecule has 1 aliphatic rings. The zero-order valence-corrected chi connectivity index (χ0v) is 19.5. The van der Waals surface area contributed by atoms with Gasteiger partial charge in [0, 0.05) is 41.8 Å². The highest BCUT2D eigenvalue weighted by atomic mass is 35.5. The third-order valence-corrected chi connectivity index (χ3v) is 5.25. The summed E-state index contributed by atoms with van der Waals surface area (Å²) in [5.74, 6) is -0.267. The quantitative estimate of drug-likeness (QED) is 0.634. The SMILES string of the molecule is CC(C)(C)OC(=O)N1CCCN(c2ccc(Cl)cc2NC(=O)c2cccc(Cl)c2)CC1. The van der Waals surface area contributed by atoms with Crippen LogP contribution in [0.25, 0.3) is 0 Å². The molecule has 1 aliphatic heterocycles. The summed E-state index contributed by atoms with van der Waals surface area (Å²) in [6, 6.07) is 12.2. The van der Waals surface area contributed by atoms with Gasteiger partial charge in [0.2, 0.25) is 0 Å². The average Bonchev–Trinajstić information content (AvgIpc) is 2.93. The van der Waals surface area contributed by atoms with E-state index in [-0.39, 0.29) is 12.0 Å². The topological polar surface area (TPSA) is 61.9 Å². The minimum atomic E-state index is -0.531. The van der Waals surface area contributed by atoms with Gasteiger partial charge in [-0.05, 0) is 63.6 Å². The highest BCUT2D eigenvalue weighted by Gasteiger charge is 2.25. The summed E-state index contributed by atoms with van der Waals surface area (Å²) in [6.07, 6.45) is 0.476. The van der Waals surface area contributed by atoms with Crippen molar-refractivity contribution in [3.63, 3.8) is 0 Å². The second kappa shape index (κ2) is 9.79. The fourth-order valence-corrected chi connectivity index (χ4v) is 3.74. The first-order valence-corrected chi connectivity index (χ1v) is 11.0. The van der Waals surface area contributed by atoms with Crippen LogP contribution in [0.4, 0.5) is 16.2 Å². The fourth-order valence-electron chi connectivity index (χ4n) is 3.38. The van der Waals surface area contributed by atoms with Crippen molar-refractivity contribution in [2.45, 2.75) is 32.8 Å². The molecule has 2 aromatic carbocycles. The Kier molecular flexibility index (Phi) is 7.34. The molecule has 1 heterocycles. The van der Waals surface area contributed by atoms with Crippen molar-refractivity contribution in [2.75, 3.05) is 36.4 Å². The number of nitrogens with one attached hydrogen (secondary N) is 1. The molecule has 0 bridgehead atoms. The molecule has 0 unspecified atom stereocenters. The van der Waals surface area contributed by atoms with E-state index in [4.69, 9.17) is 27.9 Å². The molecule has 0 saturated carbocycles. The molecule has 3 rings (SSSR count). The lowest BCUT2D eigenvalue weighted by atomic mass is 10.2. The van der Waals surface area contributed by atoms with Gasteiger partial charge in [-0.1, -0.05) is 29.3 Å². The van der Waals surface area contributed by atoms with E-state index in [0.717, 1.165) is 18.7 Å². The number of rotatable bonds is 3. The first-order valence-electron chi connectivity index (χ1n) is 10.2. The van der Waals surface area contributed by atoms with Crippen molar-refractivity contribution < 1.29 is 14.3 Å². The number of benzene rings is 2. The Bertz CT molecular complexity index is 959. The van der Waals surface area contributed by atoms with Crippen LogP contribution in [0.15, 0.2) is 42.5 Å². The molecule has 2 amide bonds. The third kappa shape index (κ3) is 6.52. The Balaban J connectivity index is 1.75. The predicted molar refractivity (Wildman–Crippen MR) is 125 cm³/mol. The molecule has 0 aliphatic carbocycles.